The lowest BCUT2D eigenvalue weighted by Gasteiger charge is -2.18. The van der Waals surface area contributed by atoms with Gasteiger partial charge in [-0.1, -0.05) is 0 Å². The smallest absolute Gasteiger partial charge is 0.316 e. The van der Waals surface area contributed by atoms with Crippen LogP contribution in [0.2, 0.25) is 0 Å². The summed E-state index contributed by atoms with van der Waals surface area (Å²) in [5.74, 6) is -1.04. The van der Waals surface area contributed by atoms with Gasteiger partial charge in [0, 0.05) is 5.56 Å². The number of halogens is 4. The first kappa shape index (κ1) is 13.9. The van der Waals surface area contributed by atoms with Crippen LogP contribution in [0.3, 0.4) is 0 Å². The minimum Gasteiger partial charge on any atom is -0.316 e. The lowest BCUT2D eigenvalue weighted by atomic mass is 10.1. The van der Waals surface area contributed by atoms with E-state index >= 15 is 0 Å². The Balaban J connectivity index is 3.46. The average Bonchev–Trinajstić information content (AvgIpc) is 2.13. The minimum absolute atomic E-state index is 0.401. The molecule has 0 aliphatic heterocycles. The summed E-state index contributed by atoms with van der Waals surface area (Å²) in [5.41, 5.74) is 3.91. The predicted molar refractivity (Wildman–Crippen MR) is 50.8 cm³/mol. The third-order valence-electron chi connectivity index (χ3n) is 1.97. The van der Waals surface area contributed by atoms with Gasteiger partial charge in [-0.2, -0.15) is 13.2 Å². The van der Waals surface area contributed by atoms with E-state index in [1.54, 1.807) is 0 Å². The van der Waals surface area contributed by atoms with E-state index in [1.165, 1.54) is 0 Å². The van der Waals surface area contributed by atoms with E-state index in [2.05, 4.69) is 0 Å². The Labute approximate surface area is 94.3 Å². The fraction of sp³-hybridized carbons (Fsp3) is 0.250. The Morgan fingerprint density at radius 3 is 2.18 bits per heavy atom. The van der Waals surface area contributed by atoms with Gasteiger partial charge in [0.25, 0.3) is 0 Å². The molecule has 0 spiro atoms. The van der Waals surface area contributed by atoms with Crippen LogP contribution in [0.1, 0.15) is 11.6 Å². The molecule has 1 atom stereocenters. The van der Waals surface area contributed by atoms with Crippen LogP contribution in [0.5, 0.6) is 0 Å². The molecule has 0 aliphatic carbocycles. The molecule has 9 heteroatoms. The van der Waals surface area contributed by atoms with Gasteiger partial charge < -0.3 is 5.73 Å². The maximum atomic E-state index is 12.8. The van der Waals surface area contributed by atoms with Crippen molar-refractivity contribution in [2.75, 3.05) is 0 Å². The Hall–Kier alpha value is -1.19. The Morgan fingerprint density at radius 1 is 1.24 bits per heavy atom. The van der Waals surface area contributed by atoms with Crippen molar-refractivity contribution in [1.82, 2.24) is 0 Å². The minimum atomic E-state index is -4.90. The van der Waals surface area contributed by atoms with Crippen LogP contribution >= 0.6 is 0 Å². The number of hydrogen-bond donors (Lipinski definition) is 2. The van der Waals surface area contributed by atoms with E-state index in [4.69, 9.17) is 10.9 Å². The molecule has 0 fully saturated rings. The second-order valence-electron chi connectivity index (χ2n) is 3.25. The summed E-state index contributed by atoms with van der Waals surface area (Å²) in [6.45, 7) is 0. The highest BCUT2D eigenvalue weighted by Crippen LogP contribution is 2.33. The molecule has 4 N–H and O–H groups in total. The van der Waals surface area contributed by atoms with E-state index in [9.17, 15) is 26.0 Å². The van der Waals surface area contributed by atoms with Gasteiger partial charge >= 0.3 is 6.18 Å². The summed E-state index contributed by atoms with van der Waals surface area (Å²) in [6, 6.07) is -0.887. The van der Waals surface area contributed by atoms with Gasteiger partial charge in [0.05, 0.1) is 4.90 Å². The quantitative estimate of drug-likeness (QED) is 0.788. The average molecular weight is 272 g/mol. The predicted octanol–water partition coefficient (Wildman–Crippen LogP) is 1.04. The summed E-state index contributed by atoms with van der Waals surface area (Å²) in [4.78, 5) is -0.844. The molecule has 0 saturated heterocycles. The molecule has 0 unspecified atom stereocenters. The molecule has 0 aromatic heterocycles. The molecule has 0 aliphatic rings. The van der Waals surface area contributed by atoms with Gasteiger partial charge in [-0.25, -0.2) is 17.9 Å². The summed E-state index contributed by atoms with van der Waals surface area (Å²) >= 11 is 0. The monoisotopic (exact) mass is 272 g/mol. The molecule has 1 rings (SSSR count). The van der Waals surface area contributed by atoms with E-state index in [1.807, 2.05) is 0 Å². The summed E-state index contributed by atoms with van der Waals surface area (Å²) in [5, 5.41) is 4.72. The first-order valence-electron chi connectivity index (χ1n) is 4.18. The van der Waals surface area contributed by atoms with Crippen molar-refractivity contribution in [2.45, 2.75) is 17.1 Å². The van der Waals surface area contributed by atoms with Crippen LogP contribution < -0.4 is 10.9 Å². The van der Waals surface area contributed by atoms with Crippen LogP contribution in [0.4, 0.5) is 17.6 Å². The number of nitrogens with two attached hydrogens (primary N) is 2. The lowest BCUT2D eigenvalue weighted by Crippen LogP contribution is -2.31. The highest BCUT2D eigenvalue weighted by Gasteiger charge is 2.40. The number of sulfonamides is 1. The van der Waals surface area contributed by atoms with E-state index in [-0.39, 0.29) is 0 Å². The number of benzene rings is 1. The second-order valence-corrected chi connectivity index (χ2v) is 4.78. The molecule has 1 aromatic rings. The zero-order valence-corrected chi connectivity index (χ0v) is 9.02. The van der Waals surface area contributed by atoms with Crippen molar-refractivity contribution < 1.29 is 26.0 Å². The standard InChI is InChI=1S/C8H8F4N2O2S/c9-4-1-2-6(17(14,15)16)5(3-4)7(13)8(10,11)12/h1-3,7H,13H2,(H2,14,15,16)/t7-/m1/s1. The van der Waals surface area contributed by atoms with Crippen LogP contribution in [0, 0.1) is 5.82 Å². The maximum Gasteiger partial charge on any atom is 0.407 e. The molecule has 0 amide bonds. The molecular formula is C8H8F4N2O2S. The SMILES string of the molecule is N[C@H](c1cc(F)ccc1S(N)(=O)=O)C(F)(F)F. The lowest BCUT2D eigenvalue weighted by molar-refractivity contribution is -0.149. The third kappa shape index (κ3) is 3.14. The zero-order chi connectivity index (χ0) is 13.4. The van der Waals surface area contributed by atoms with Gasteiger partial charge in [-0.3, -0.25) is 0 Å². The fourth-order valence-electron chi connectivity index (χ4n) is 1.20. The topological polar surface area (TPSA) is 86.2 Å². The van der Waals surface area contributed by atoms with Gasteiger partial charge in [0.15, 0.2) is 0 Å². The molecule has 0 saturated carbocycles. The van der Waals surface area contributed by atoms with Crippen molar-refractivity contribution in [2.24, 2.45) is 10.9 Å². The van der Waals surface area contributed by atoms with Crippen molar-refractivity contribution in [1.29, 1.82) is 0 Å². The van der Waals surface area contributed by atoms with E-state index in [0.717, 1.165) is 0 Å². The highest BCUT2D eigenvalue weighted by molar-refractivity contribution is 7.89. The molecule has 17 heavy (non-hydrogen) atoms. The number of alkyl halides is 3. The van der Waals surface area contributed by atoms with Crippen LogP contribution in [-0.4, -0.2) is 14.6 Å². The van der Waals surface area contributed by atoms with Crippen LogP contribution in [0.15, 0.2) is 23.1 Å². The molecule has 96 valence electrons. The van der Waals surface area contributed by atoms with Crippen molar-refractivity contribution in [3.63, 3.8) is 0 Å². The molecular weight excluding hydrogens is 264 g/mol. The Kier molecular flexibility index (Phi) is 3.46. The number of rotatable bonds is 2. The third-order valence-corrected chi connectivity index (χ3v) is 2.95. The zero-order valence-electron chi connectivity index (χ0n) is 8.20. The molecule has 0 radical (unpaired) electrons. The van der Waals surface area contributed by atoms with Gasteiger partial charge in [0.2, 0.25) is 10.0 Å². The van der Waals surface area contributed by atoms with Gasteiger partial charge in [-0.15, -0.1) is 0 Å². The summed E-state index contributed by atoms with van der Waals surface area (Å²) in [7, 11) is -4.40. The molecule has 0 heterocycles. The van der Waals surface area contributed by atoms with Crippen LogP contribution in [-0.2, 0) is 10.0 Å². The largest absolute Gasteiger partial charge is 0.407 e. The van der Waals surface area contributed by atoms with E-state index < -0.39 is 38.5 Å². The van der Waals surface area contributed by atoms with Gasteiger partial charge in [0.1, 0.15) is 11.9 Å². The van der Waals surface area contributed by atoms with Crippen molar-refractivity contribution in [3.8, 4) is 0 Å². The molecule has 4 nitrogen and oxygen atoms in total. The molecule has 0 bridgehead atoms. The first-order valence-corrected chi connectivity index (χ1v) is 5.72. The van der Waals surface area contributed by atoms with E-state index in [0.29, 0.717) is 18.2 Å². The summed E-state index contributed by atoms with van der Waals surface area (Å²) in [6.07, 6.45) is -4.90. The Morgan fingerprint density at radius 2 is 1.76 bits per heavy atom. The maximum absolute atomic E-state index is 12.8. The highest BCUT2D eigenvalue weighted by atomic mass is 32.2. The van der Waals surface area contributed by atoms with Crippen molar-refractivity contribution in [3.05, 3.63) is 29.6 Å². The number of hydrogen-bond acceptors (Lipinski definition) is 3. The second kappa shape index (κ2) is 4.24. The van der Waals surface area contributed by atoms with Gasteiger partial charge in [-0.05, 0) is 18.2 Å². The van der Waals surface area contributed by atoms with Crippen molar-refractivity contribution >= 4 is 10.0 Å². The normalized spacial score (nSPS) is 14.7. The number of primary sulfonamides is 1. The van der Waals surface area contributed by atoms with Crippen LogP contribution in [0.25, 0.3) is 0 Å². The Bertz CT molecular complexity index is 527. The molecule has 1 aromatic carbocycles. The summed E-state index contributed by atoms with van der Waals surface area (Å²) < 4.78 is 71.9. The fourth-order valence-corrected chi connectivity index (χ4v) is 1.97. The first-order chi connectivity index (χ1) is 7.53.